The highest BCUT2D eigenvalue weighted by molar-refractivity contribution is 9.10. The second-order valence-corrected chi connectivity index (χ2v) is 5.73. The summed E-state index contributed by atoms with van der Waals surface area (Å²) in [6.45, 7) is 0. The van der Waals surface area contributed by atoms with Crippen LogP contribution in [0.15, 0.2) is 46.3 Å². The van der Waals surface area contributed by atoms with Crippen LogP contribution in [0.4, 0.5) is 0 Å². The zero-order valence-corrected chi connectivity index (χ0v) is 11.3. The van der Waals surface area contributed by atoms with E-state index in [2.05, 4.69) is 51.6 Å². The molecule has 0 aliphatic rings. The van der Waals surface area contributed by atoms with E-state index in [4.69, 9.17) is 5.73 Å². The van der Waals surface area contributed by atoms with Gasteiger partial charge in [0.25, 0.3) is 0 Å². The Morgan fingerprint density at radius 1 is 1.12 bits per heavy atom. The molecule has 1 aromatic carbocycles. The third-order valence-electron chi connectivity index (χ3n) is 2.48. The highest BCUT2D eigenvalue weighted by Crippen LogP contribution is 2.19. The topological polar surface area (TPSA) is 26.0 Å². The Labute approximate surface area is 108 Å². The Hall–Kier alpha value is -0.640. The maximum atomic E-state index is 6.15. The fraction of sp³-hybridized carbons (Fsp3) is 0.231. The first-order valence-electron chi connectivity index (χ1n) is 5.27. The van der Waals surface area contributed by atoms with Crippen LogP contribution in [0.25, 0.3) is 0 Å². The zero-order valence-electron chi connectivity index (χ0n) is 8.90. The van der Waals surface area contributed by atoms with Gasteiger partial charge >= 0.3 is 0 Å². The number of rotatable bonds is 4. The van der Waals surface area contributed by atoms with Gasteiger partial charge in [-0.15, -0.1) is 11.3 Å². The fourth-order valence-electron chi connectivity index (χ4n) is 1.71. The molecule has 1 unspecified atom stereocenters. The van der Waals surface area contributed by atoms with Crippen molar-refractivity contribution in [2.24, 2.45) is 5.73 Å². The van der Waals surface area contributed by atoms with Crippen LogP contribution in [-0.4, -0.2) is 6.04 Å². The summed E-state index contributed by atoms with van der Waals surface area (Å²) in [5.41, 5.74) is 7.44. The van der Waals surface area contributed by atoms with E-state index in [0.29, 0.717) is 0 Å². The Bertz CT molecular complexity index is 439. The average Bonchev–Trinajstić information content (AvgIpc) is 2.74. The molecule has 0 saturated heterocycles. The van der Waals surface area contributed by atoms with Crippen molar-refractivity contribution in [2.75, 3.05) is 0 Å². The summed E-state index contributed by atoms with van der Waals surface area (Å²) < 4.78 is 1.15. The van der Waals surface area contributed by atoms with Crippen molar-refractivity contribution < 1.29 is 0 Å². The zero-order chi connectivity index (χ0) is 11.4. The Morgan fingerprint density at radius 3 is 2.62 bits per heavy atom. The van der Waals surface area contributed by atoms with Crippen molar-refractivity contribution in [3.8, 4) is 0 Å². The number of benzene rings is 1. The highest BCUT2D eigenvalue weighted by atomic mass is 79.9. The maximum absolute atomic E-state index is 6.15. The Balaban J connectivity index is 1.97. The van der Waals surface area contributed by atoms with E-state index in [9.17, 15) is 0 Å². The van der Waals surface area contributed by atoms with E-state index in [-0.39, 0.29) is 6.04 Å². The van der Waals surface area contributed by atoms with Crippen molar-refractivity contribution in [3.63, 3.8) is 0 Å². The van der Waals surface area contributed by atoms with Crippen molar-refractivity contribution in [2.45, 2.75) is 18.9 Å². The predicted octanol–water partition coefficient (Wildman–Crippen LogP) is 3.62. The molecular formula is C13H14BrNS. The van der Waals surface area contributed by atoms with E-state index >= 15 is 0 Å². The van der Waals surface area contributed by atoms with Crippen LogP contribution < -0.4 is 5.73 Å². The van der Waals surface area contributed by atoms with Gasteiger partial charge in [0.15, 0.2) is 0 Å². The van der Waals surface area contributed by atoms with Gasteiger partial charge in [-0.25, -0.2) is 0 Å². The molecule has 0 radical (unpaired) electrons. The van der Waals surface area contributed by atoms with Gasteiger partial charge < -0.3 is 5.73 Å². The smallest absolute Gasteiger partial charge is 0.0207 e. The summed E-state index contributed by atoms with van der Waals surface area (Å²) in [5, 5.41) is 2.10. The lowest BCUT2D eigenvalue weighted by atomic mass is 10.0. The van der Waals surface area contributed by atoms with Crippen molar-refractivity contribution in [1.29, 1.82) is 0 Å². The molecule has 0 saturated carbocycles. The molecule has 0 spiro atoms. The van der Waals surface area contributed by atoms with Gasteiger partial charge in [0.1, 0.15) is 0 Å². The first-order valence-corrected chi connectivity index (χ1v) is 6.94. The second kappa shape index (κ2) is 5.62. The molecule has 0 aliphatic heterocycles. The average molecular weight is 296 g/mol. The lowest BCUT2D eigenvalue weighted by Gasteiger charge is -2.11. The molecule has 0 bridgehead atoms. The van der Waals surface area contributed by atoms with Gasteiger partial charge in [0.05, 0.1) is 0 Å². The lowest BCUT2D eigenvalue weighted by Crippen LogP contribution is -2.25. The molecule has 84 valence electrons. The van der Waals surface area contributed by atoms with Gasteiger partial charge in [-0.2, -0.15) is 0 Å². The summed E-state index contributed by atoms with van der Waals surface area (Å²) >= 11 is 5.32. The molecular weight excluding hydrogens is 282 g/mol. The van der Waals surface area contributed by atoms with Gasteiger partial charge in [0, 0.05) is 15.4 Å². The molecule has 1 heterocycles. The first kappa shape index (κ1) is 11.8. The highest BCUT2D eigenvalue weighted by Gasteiger charge is 2.08. The Morgan fingerprint density at radius 2 is 1.94 bits per heavy atom. The molecule has 2 rings (SSSR count). The Kier molecular flexibility index (Phi) is 4.16. The molecule has 1 nitrogen and oxygen atoms in total. The van der Waals surface area contributed by atoms with E-state index in [1.165, 1.54) is 10.4 Å². The number of nitrogens with two attached hydrogens (primary N) is 1. The van der Waals surface area contributed by atoms with E-state index in [1.807, 2.05) is 6.07 Å². The summed E-state index contributed by atoms with van der Waals surface area (Å²) in [6, 6.07) is 12.7. The third-order valence-corrected chi connectivity index (χ3v) is 4.16. The van der Waals surface area contributed by atoms with Crippen LogP contribution >= 0.6 is 27.3 Å². The minimum Gasteiger partial charge on any atom is -0.327 e. The number of halogens is 1. The molecule has 0 fully saturated rings. The normalized spacial score (nSPS) is 12.6. The standard InChI is InChI=1S/C13H14BrNS/c14-13-6-2-1-4-10(13)8-11(15)9-12-5-3-7-16-12/h1-7,11H,8-9,15H2. The number of thiophene rings is 1. The SMILES string of the molecule is NC(Cc1cccs1)Cc1ccccc1Br. The summed E-state index contributed by atoms with van der Waals surface area (Å²) in [6.07, 6.45) is 1.87. The molecule has 1 atom stereocenters. The molecule has 2 N–H and O–H groups in total. The monoisotopic (exact) mass is 295 g/mol. The van der Waals surface area contributed by atoms with Crippen LogP contribution in [0.2, 0.25) is 0 Å². The van der Waals surface area contributed by atoms with E-state index < -0.39 is 0 Å². The minimum absolute atomic E-state index is 0.192. The molecule has 0 aliphatic carbocycles. The third kappa shape index (κ3) is 3.17. The molecule has 0 amide bonds. The maximum Gasteiger partial charge on any atom is 0.0207 e. The van der Waals surface area contributed by atoms with Gasteiger partial charge in [-0.3, -0.25) is 0 Å². The van der Waals surface area contributed by atoms with Crippen LogP contribution in [0.3, 0.4) is 0 Å². The summed E-state index contributed by atoms with van der Waals surface area (Å²) in [5.74, 6) is 0. The summed E-state index contributed by atoms with van der Waals surface area (Å²) in [4.78, 5) is 1.36. The van der Waals surface area contributed by atoms with Crippen molar-refractivity contribution >= 4 is 27.3 Å². The number of hydrogen-bond donors (Lipinski definition) is 1. The quantitative estimate of drug-likeness (QED) is 0.916. The minimum atomic E-state index is 0.192. The van der Waals surface area contributed by atoms with Crippen molar-refractivity contribution in [1.82, 2.24) is 0 Å². The lowest BCUT2D eigenvalue weighted by molar-refractivity contribution is 0.669. The second-order valence-electron chi connectivity index (χ2n) is 3.84. The van der Waals surface area contributed by atoms with Gasteiger partial charge in [-0.1, -0.05) is 40.2 Å². The first-order chi connectivity index (χ1) is 7.75. The van der Waals surface area contributed by atoms with Crippen molar-refractivity contribution in [3.05, 3.63) is 56.7 Å². The largest absolute Gasteiger partial charge is 0.327 e. The summed E-state index contributed by atoms with van der Waals surface area (Å²) in [7, 11) is 0. The van der Waals surface area contributed by atoms with Crippen LogP contribution in [0, 0.1) is 0 Å². The van der Waals surface area contributed by atoms with E-state index in [0.717, 1.165) is 17.3 Å². The number of hydrogen-bond acceptors (Lipinski definition) is 2. The van der Waals surface area contributed by atoms with Crippen LogP contribution in [0.5, 0.6) is 0 Å². The van der Waals surface area contributed by atoms with Gasteiger partial charge in [-0.05, 0) is 35.9 Å². The fourth-order valence-corrected chi connectivity index (χ4v) is 2.95. The molecule has 16 heavy (non-hydrogen) atoms. The van der Waals surface area contributed by atoms with E-state index in [1.54, 1.807) is 11.3 Å². The molecule has 1 aromatic heterocycles. The molecule has 2 aromatic rings. The molecule has 3 heteroatoms. The van der Waals surface area contributed by atoms with Crippen LogP contribution in [0.1, 0.15) is 10.4 Å². The van der Waals surface area contributed by atoms with Crippen LogP contribution in [-0.2, 0) is 12.8 Å². The van der Waals surface area contributed by atoms with Gasteiger partial charge in [0.2, 0.25) is 0 Å². The predicted molar refractivity (Wildman–Crippen MR) is 73.8 cm³/mol.